The molecule has 1 N–H and O–H groups in total. The van der Waals surface area contributed by atoms with Crippen LogP contribution in [0.2, 0.25) is 0 Å². The van der Waals surface area contributed by atoms with Gasteiger partial charge in [0, 0.05) is 12.8 Å². The minimum absolute atomic E-state index is 0.122. The van der Waals surface area contributed by atoms with Gasteiger partial charge in [0.2, 0.25) is 0 Å². The van der Waals surface area contributed by atoms with Crippen LogP contribution in [0, 0.1) is 40.4 Å². The van der Waals surface area contributed by atoms with Crippen LogP contribution >= 0.6 is 0 Å². The maximum Gasteiger partial charge on any atom is 0.302 e. The summed E-state index contributed by atoms with van der Waals surface area (Å²) >= 11 is 0. The van der Waals surface area contributed by atoms with Crippen LogP contribution in [-0.2, 0) is 9.53 Å². The van der Waals surface area contributed by atoms with Crippen molar-refractivity contribution >= 4 is 11.7 Å². The van der Waals surface area contributed by atoms with Gasteiger partial charge in [-0.3, -0.25) is 4.79 Å². The molecule has 27 heavy (non-hydrogen) atoms. The van der Waals surface area contributed by atoms with Crippen molar-refractivity contribution in [2.45, 2.75) is 91.6 Å². The molecule has 0 unspecified atom stereocenters. The third-order valence-corrected chi connectivity index (χ3v) is 9.61. The third kappa shape index (κ3) is 2.93. The Labute approximate surface area is 164 Å². The first-order chi connectivity index (χ1) is 12.8. The van der Waals surface area contributed by atoms with Gasteiger partial charge in [-0.15, -0.1) is 0 Å². The summed E-state index contributed by atoms with van der Waals surface area (Å²) in [5.41, 5.74) is 1.68. The van der Waals surface area contributed by atoms with Gasteiger partial charge in [-0.1, -0.05) is 19.0 Å². The molecule has 8 atom stereocenters. The van der Waals surface area contributed by atoms with E-state index in [0.29, 0.717) is 22.7 Å². The van der Waals surface area contributed by atoms with E-state index >= 15 is 0 Å². The van der Waals surface area contributed by atoms with Crippen molar-refractivity contribution in [3.8, 4) is 0 Å². The first-order valence-electron chi connectivity index (χ1n) is 11.2. The lowest BCUT2D eigenvalue weighted by atomic mass is 9.44. The molecule has 0 aromatic carbocycles. The van der Waals surface area contributed by atoms with Crippen LogP contribution in [0.1, 0.15) is 85.5 Å². The van der Waals surface area contributed by atoms with Crippen LogP contribution in [0.25, 0.3) is 0 Å². The van der Waals surface area contributed by atoms with Crippen LogP contribution in [0.15, 0.2) is 5.16 Å². The van der Waals surface area contributed by atoms with E-state index in [9.17, 15) is 10.0 Å². The largest absolute Gasteiger partial charge is 0.463 e. The molecule has 4 fully saturated rings. The minimum Gasteiger partial charge on any atom is -0.463 e. The SMILES string of the molecule is CC(=O)O[C@H]1CC[C@@]2(C)[C@@H](CC[C@H]3[C@H]2CC[C@]2(C)[C@H](/C(C)=N/O)CC[C@@H]32)C1. The highest BCUT2D eigenvalue weighted by Crippen LogP contribution is 2.67. The average Bonchev–Trinajstić information content (AvgIpc) is 2.98. The van der Waals surface area contributed by atoms with Gasteiger partial charge < -0.3 is 9.94 Å². The monoisotopic (exact) mass is 375 g/mol. The lowest BCUT2D eigenvalue weighted by Gasteiger charge is -2.61. The molecule has 0 bridgehead atoms. The van der Waals surface area contributed by atoms with E-state index in [-0.39, 0.29) is 12.1 Å². The Morgan fingerprint density at radius 1 is 0.963 bits per heavy atom. The Kier molecular flexibility index (Phi) is 4.83. The predicted molar refractivity (Wildman–Crippen MR) is 106 cm³/mol. The highest BCUT2D eigenvalue weighted by atomic mass is 16.5. The van der Waals surface area contributed by atoms with Gasteiger partial charge >= 0.3 is 5.97 Å². The fourth-order valence-corrected chi connectivity index (χ4v) is 8.32. The molecule has 0 amide bonds. The standard InChI is InChI=1S/C23H37NO3/c1-14(24-26)19-7-8-20-18-6-5-16-13-17(27-15(2)25)9-11-22(16,3)21(18)10-12-23(19,20)4/h16-21,26H,5-13H2,1-4H3/b24-14+/t16-,17-,18+,19-,20-,21+,22-,23+/m0/s1. The van der Waals surface area contributed by atoms with Gasteiger partial charge in [0.15, 0.2) is 0 Å². The Bertz CT molecular complexity index is 631. The van der Waals surface area contributed by atoms with Crippen molar-refractivity contribution in [1.29, 1.82) is 0 Å². The van der Waals surface area contributed by atoms with Crippen molar-refractivity contribution in [3.63, 3.8) is 0 Å². The zero-order chi connectivity index (χ0) is 19.4. The van der Waals surface area contributed by atoms with Crippen LogP contribution in [0.3, 0.4) is 0 Å². The van der Waals surface area contributed by atoms with Crippen LogP contribution in [0.4, 0.5) is 0 Å². The molecule has 4 aliphatic rings. The number of nitrogens with zero attached hydrogens (tertiary/aromatic N) is 1. The number of oxime groups is 1. The number of carbonyl (C=O) groups excluding carboxylic acids is 1. The van der Waals surface area contributed by atoms with Crippen LogP contribution in [0.5, 0.6) is 0 Å². The number of carbonyl (C=O) groups is 1. The Hall–Kier alpha value is -1.06. The first kappa shape index (κ1) is 19.3. The molecule has 0 aromatic heterocycles. The van der Waals surface area contributed by atoms with Crippen molar-refractivity contribution in [1.82, 2.24) is 0 Å². The molecule has 152 valence electrons. The lowest BCUT2D eigenvalue weighted by molar-refractivity contribution is -0.159. The molecule has 4 rings (SSSR count). The van der Waals surface area contributed by atoms with Gasteiger partial charge in [0.1, 0.15) is 6.10 Å². The third-order valence-electron chi connectivity index (χ3n) is 9.61. The molecule has 0 radical (unpaired) electrons. The normalized spacial score (nSPS) is 49.7. The summed E-state index contributed by atoms with van der Waals surface area (Å²) in [6.45, 7) is 8.58. The van der Waals surface area contributed by atoms with Gasteiger partial charge in [-0.05, 0) is 99.2 Å². The summed E-state index contributed by atoms with van der Waals surface area (Å²) in [5, 5.41) is 13.0. The Balaban J connectivity index is 1.54. The number of ether oxygens (including phenoxy) is 1. The summed E-state index contributed by atoms with van der Waals surface area (Å²) in [7, 11) is 0. The Morgan fingerprint density at radius 2 is 1.67 bits per heavy atom. The highest BCUT2D eigenvalue weighted by molar-refractivity contribution is 5.84. The predicted octanol–water partition coefficient (Wildman–Crippen LogP) is 5.43. The number of hydrogen-bond acceptors (Lipinski definition) is 4. The van der Waals surface area contributed by atoms with Gasteiger partial charge in [-0.2, -0.15) is 0 Å². The molecular weight excluding hydrogens is 338 g/mol. The number of esters is 1. The Morgan fingerprint density at radius 3 is 2.37 bits per heavy atom. The van der Waals surface area contributed by atoms with E-state index in [2.05, 4.69) is 19.0 Å². The van der Waals surface area contributed by atoms with Gasteiger partial charge in [-0.25, -0.2) is 0 Å². The van der Waals surface area contributed by atoms with E-state index in [1.165, 1.54) is 44.9 Å². The number of hydrogen-bond donors (Lipinski definition) is 1. The van der Waals surface area contributed by atoms with Crippen molar-refractivity contribution in [2.75, 3.05) is 0 Å². The second-order valence-corrected chi connectivity index (χ2v) is 10.6. The van der Waals surface area contributed by atoms with E-state index in [0.717, 1.165) is 36.3 Å². The topological polar surface area (TPSA) is 58.9 Å². The quantitative estimate of drug-likeness (QED) is 0.303. The first-order valence-corrected chi connectivity index (χ1v) is 11.2. The molecule has 4 aliphatic carbocycles. The van der Waals surface area contributed by atoms with Gasteiger partial charge in [0.25, 0.3) is 0 Å². The minimum atomic E-state index is -0.122. The second-order valence-electron chi connectivity index (χ2n) is 10.6. The van der Waals surface area contributed by atoms with Crippen molar-refractivity contribution in [3.05, 3.63) is 0 Å². The zero-order valence-corrected chi connectivity index (χ0v) is 17.5. The lowest BCUT2D eigenvalue weighted by Crippen LogP contribution is -2.54. The molecular formula is C23H37NO3. The maximum absolute atomic E-state index is 11.4. The number of fused-ring (bicyclic) bond motifs is 5. The van der Waals surface area contributed by atoms with Gasteiger partial charge in [0.05, 0.1) is 5.71 Å². The summed E-state index contributed by atoms with van der Waals surface area (Å²) in [4.78, 5) is 11.4. The van der Waals surface area contributed by atoms with Crippen molar-refractivity contribution < 1.29 is 14.7 Å². The highest BCUT2D eigenvalue weighted by Gasteiger charge is 2.60. The summed E-state index contributed by atoms with van der Waals surface area (Å²) in [6, 6.07) is 0. The molecule has 4 saturated carbocycles. The smallest absolute Gasteiger partial charge is 0.302 e. The molecule has 0 saturated heterocycles. The summed E-state index contributed by atoms with van der Waals surface area (Å²) in [6.07, 6.45) is 11.2. The zero-order valence-electron chi connectivity index (χ0n) is 17.5. The van der Waals surface area contributed by atoms with E-state index in [4.69, 9.17) is 4.74 Å². The van der Waals surface area contributed by atoms with Crippen LogP contribution in [-0.4, -0.2) is 23.0 Å². The molecule has 0 spiro atoms. The molecule has 0 heterocycles. The molecule has 4 nitrogen and oxygen atoms in total. The van der Waals surface area contributed by atoms with E-state index in [1.54, 1.807) is 6.92 Å². The fraction of sp³-hybridized carbons (Fsp3) is 0.913. The van der Waals surface area contributed by atoms with E-state index in [1.807, 2.05) is 6.92 Å². The molecule has 0 aromatic rings. The summed E-state index contributed by atoms with van der Waals surface area (Å²) < 4.78 is 5.58. The average molecular weight is 376 g/mol. The van der Waals surface area contributed by atoms with Crippen molar-refractivity contribution in [2.24, 2.45) is 45.6 Å². The fourth-order valence-electron chi connectivity index (χ4n) is 8.32. The maximum atomic E-state index is 11.4. The summed E-state index contributed by atoms with van der Waals surface area (Å²) in [5.74, 6) is 3.47. The van der Waals surface area contributed by atoms with E-state index < -0.39 is 0 Å². The number of rotatable bonds is 2. The second kappa shape index (κ2) is 6.77. The molecule has 4 heteroatoms. The molecule has 0 aliphatic heterocycles. The van der Waals surface area contributed by atoms with Crippen LogP contribution < -0.4 is 0 Å².